The van der Waals surface area contributed by atoms with Crippen LogP contribution in [0.4, 0.5) is 5.95 Å². The molecule has 178 valence electrons. The molecule has 0 bridgehead atoms. The molecule has 1 aromatic carbocycles. The molecule has 8 heteroatoms. The topological polar surface area (TPSA) is 76.6 Å². The molecule has 0 saturated carbocycles. The van der Waals surface area contributed by atoms with Crippen molar-refractivity contribution in [2.75, 3.05) is 37.8 Å². The second-order valence-corrected chi connectivity index (χ2v) is 9.52. The summed E-state index contributed by atoms with van der Waals surface area (Å²) in [5.74, 6) is 2.27. The lowest BCUT2D eigenvalue weighted by Gasteiger charge is -2.32. The Bertz CT molecular complexity index is 916. The molecule has 2 aliphatic rings. The van der Waals surface area contributed by atoms with Crippen molar-refractivity contribution < 1.29 is 14.3 Å². The molecule has 1 amide bonds. The van der Waals surface area contributed by atoms with Crippen LogP contribution in [0.25, 0.3) is 0 Å². The Hall–Kier alpha value is -2.38. The van der Waals surface area contributed by atoms with E-state index in [1.54, 1.807) is 12.4 Å². The molecule has 1 aromatic heterocycles. The highest BCUT2D eigenvalue weighted by Crippen LogP contribution is 2.26. The molecule has 7 nitrogen and oxygen atoms in total. The number of hydrogen-bond acceptors (Lipinski definition) is 6. The van der Waals surface area contributed by atoms with E-state index in [4.69, 9.17) is 21.1 Å². The monoisotopic (exact) mass is 472 g/mol. The van der Waals surface area contributed by atoms with Gasteiger partial charge in [0, 0.05) is 25.3 Å². The van der Waals surface area contributed by atoms with Crippen molar-refractivity contribution in [1.29, 1.82) is 0 Å². The third-order valence-electron chi connectivity index (χ3n) is 6.53. The van der Waals surface area contributed by atoms with Gasteiger partial charge in [-0.25, -0.2) is 9.97 Å². The average Bonchev–Trinajstić information content (AvgIpc) is 3.30. The van der Waals surface area contributed by atoms with E-state index in [-0.39, 0.29) is 11.9 Å². The van der Waals surface area contributed by atoms with Crippen LogP contribution in [0.5, 0.6) is 5.75 Å². The molecule has 0 aliphatic carbocycles. The third kappa shape index (κ3) is 6.36. The van der Waals surface area contributed by atoms with Crippen LogP contribution in [0.2, 0.25) is 5.02 Å². The standard InChI is InChI=1S/C25H33ClN4O3/c1-17-12-22(13-18(2)23(17)24(31)29-21-7-11-32-16-21)33-10-3-4-19-5-8-30(9-6-19)25-27-14-20(26)15-28-25/h12-15,19,21H,3-11,16H2,1-2H3,(H,29,31)/t21-/m1/s1. The minimum atomic E-state index is -0.0256. The Labute approximate surface area is 200 Å². The van der Waals surface area contributed by atoms with Crippen molar-refractivity contribution in [3.8, 4) is 5.75 Å². The van der Waals surface area contributed by atoms with Gasteiger partial charge in [0.1, 0.15) is 5.75 Å². The fourth-order valence-corrected chi connectivity index (χ4v) is 4.82. The summed E-state index contributed by atoms with van der Waals surface area (Å²) in [6, 6.07) is 4.05. The number of aromatic nitrogens is 2. The summed E-state index contributed by atoms with van der Waals surface area (Å²) in [6.45, 7) is 7.88. The van der Waals surface area contributed by atoms with E-state index in [2.05, 4.69) is 20.2 Å². The zero-order valence-electron chi connectivity index (χ0n) is 19.5. The summed E-state index contributed by atoms with van der Waals surface area (Å²) >= 11 is 5.88. The highest BCUT2D eigenvalue weighted by Gasteiger charge is 2.22. The van der Waals surface area contributed by atoms with Gasteiger partial charge in [0.15, 0.2) is 0 Å². The maximum atomic E-state index is 12.7. The number of aryl methyl sites for hydroxylation is 2. The van der Waals surface area contributed by atoms with Gasteiger partial charge in [0.2, 0.25) is 5.95 Å². The van der Waals surface area contributed by atoms with Crippen LogP contribution < -0.4 is 15.0 Å². The lowest BCUT2D eigenvalue weighted by molar-refractivity contribution is 0.0928. The second kappa shape index (κ2) is 11.2. The van der Waals surface area contributed by atoms with E-state index in [9.17, 15) is 4.79 Å². The Morgan fingerprint density at radius 2 is 1.88 bits per heavy atom. The quantitative estimate of drug-likeness (QED) is 0.576. The Morgan fingerprint density at radius 3 is 2.52 bits per heavy atom. The van der Waals surface area contributed by atoms with Gasteiger partial charge >= 0.3 is 0 Å². The smallest absolute Gasteiger partial charge is 0.252 e. The predicted molar refractivity (Wildman–Crippen MR) is 129 cm³/mol. The van der Waals surface area contributed by atoms with E-state index in [0.29, 0.717) is 30.8 Å². The maximum Gasteiger partial charge on any atom is 0.252 e. The Morgan fingerprint density at radius 1 is 1.18 bits per heavy atom. The summed E-state index contributed by atoms with van der Waals surface area (Å²) < 4.78 is 11.4. The molecule has 4 rings (SSSR count). The van der Waals surface area contributed by atoms with Crippen LogP contribution in [0.1, 0.15) is 53.6 Å². The molecular formula is C25H33ClN4O3. The summed E-state index contributed by atoms with van der Waals surface area (Å²) in [5, 5.41) is 3.64. The van der Waals surface area contributed by atoms with Crippen LogP contribution in [0, 0.1) is 19.8 Å². The molecule has 0 radical (unpaired) electrons. The number of hydrogen-bond donors (Lipinski definition) is 1. The van der Waals surface area contributed by atoms with Crippen molar-refractivity contribution in [2.24, 2.45) is 5.92 Å². The van der Waals surface area contributed by atoms with Crippen LogP contribution >= 0.6 is 11.6 Å². The average molecular weight is 473 g/mol. The van der Waals surface area contributed by atoms with Gasteiger partial charge in [-0.3, -0.25) is 4.79 Å². The first-order valence-electron chi connectivity index (χ1n) is 11.8. The number of carbonyl (C=O) groups is 1. The number of halogens is 1. The SMILES string of the molecule is Cc1cc(OCCCC2CCN(c3ncc(Cl)cn3)CC2)cc(C)c1C(=O)N[C@@H]1CCOC1. The third-order valence-corrected chi connectivity index (χ3v) is 6.72. The molecule has 2 fully saturated rings. The molecule has 3 heterocycles. The van der Waals surface area contributed by atoms with Gasteiger partial charge in [-0.05, 0) is 75.1 Å². The number of rotatable bonds is 8. The summed E-state index contributed by atoms with van der Waals surface area (Å²) in [4.78, 5) is 23.6. The minimum Gasteiger partial charge on any atom is -0.494 e. The maximum absolute atomic E-state index is 12.7. The van der Waals surface area contributed by atoms with Crippen molar-refractivity contribution in [3.05, 3.63) is 46.2 Å². The van der Waals surface area contributed by atoms with Crippen LogP contribution in [-0.4, -0.2) is 54.8 Å². The number of benzene rings is 1. The molecule has 0 unspecified atom stereocenters. The zero-order valence-corrected chi connectivity index (χ0v) is 20.2. The fraction of sp³-hybridized carbons (Fsp3) is 0.560. The van der Waals surface area contributed by atoms with Crippen molar-refractivity contribution in [3.63, 3.8) is 0 Å². The fourth-order valence-electron chi connectivity index (χ4n) is 4.72. The summed E-state index contributed by atoms with van der Waals surface area (Å²) in [7, 11) is 0. The number of amides is 1. The summed E-state index contributed by atoms with van der Waals surface area (Å²) in [5.41, 5.74) is 2.63. The number of nitrogens with zero attached hydrogens (tertiary/aromatic N) is 3. The second-order valence-electron chi connectivity index (χ2n) is 9.09. The number of ether oxygens (including phenoxy) is 2. The largest absolute Gasteiger partial charge is 0.494 e. The Kier molecular flexibility index (Phi) is 8.04. The van der Waals surface area contributed by atoms with E-state index in [1.165, 1.54) is 0 Å². The van der Waals surface area contributed by atoms with Crippen molar-refractivity contribution >= 4 is 23.5 Å². The molecule has 2 aliphatic heterocycles. The van der Waals surface area contributed by atoms with Gasteiger partial charge in [-0.2, -0.15) is 0 Å². The van der Waals surface area contributed by atoms with E-state index < -0.39 is 0 Å². The van der Waals surface area contributed by atoms with E-state index in [0.717, 1.165) is 73.6 Å². The van der Waals surface area contributed by atoms with Crippen molar-refractivity contribution in [1.82, 2.24) is 15.3 Å². The van der Waals surface area contributed by atoms with Gasteiger partial charge in [0.05, 0.1) is 36.7 Å². The van der Waals surface area contributed by atoms with Gasteiger partial charge in [0.25, 0.3) is 5.91 Å². The molecular weight excluding hydrogens is 440 g/mol. The first-order chi connectivity index (χ1) is 16.0. The van der Waals surface area contributed by atoms with E-state index in [1.807, 2.05) is 26.0 Å². The van der Waals surface area contributed by atoms with Gasteiger partial charge in [-0.15, -0.1) is 0 Å². The lowest BCUT2D eigenvalue weighted by Crippen LogP contribution is -2.35. The Balaban J connectivity index is 1.20. The molecule has 0 spiro atoms. The van der Waals surface area contributed by atoms with Crippen LogP contribution in [0.3, 0.4) is 0 Å². The van der Waals surface area contributed by atoms with Crippen LogP contribution in [0.15, 0.2) is 24.5 Å². The van der Waals surface area contributed by atoms with Crippen molar-refractivity contribution in [2.45, 2.75) is 52.0 Å². The first-order valence-corrected chi connectivity index (χ1v) is 12.2. The van der Waals surface area contributed by atoms with E-state index >= 15 is 0 Å². The molecule has 2 saturated heterocycles. The molecule has 1 N–H and O–H groups in total. The number of nitrogens with one attached hydrogen (secondary N) is 1. The molecule has 2 aromatic rings. The molecule has 1 atom stereocenters. The highest BCUT2D eigenvalue weighted by molar-refractivity contribution is 6.30. The summed E-state index contributed by atoms with van der Waals surface area (Å²) in [6.07, 6.45) is 8.63. The van der Waals surface area contributed by atoms with Gasteiger partial charge < -0.3 is 19.7 Å². The predicted octanol–water partition coefficient (Wildman–Crippen LogP) is 4.34. The minimum absolute atomic E-state index is 0.0256. The van der Waals surface area contributed by atoms with Gasteiger partial charge in [-0.1, -0.05) is 11.6 Å². The molecule has 33 heavy (non-hydrogen) atoms. The highest BCUT2D eigenvalue weighted by atomic mass is 35.5. The first kappa shape index (κ1) is 23.8. The van der Waals surface area contributed by atoms with Crippen LogP contribution in [-0.2, 0) is 4.74 Å². The number of carbonyl (C=O) groups excluding carboxylic acids is 1. The lowest BCUT2D eigenvalue weighted by atomic mass is 9.92. The zero-order chi connectivity index (χ0) is 23.2. The normalized spacial score (nSPS) is 19.0. The number of piperidine rings is 1. The number of anilines is 1.